The van der Waals surface area contributed by atoms with E-state index < -0.39 is 0 Å². The number of rotatable bonds is 4. The average Bonchev–Trinajstić information content (AvgIpc) is 2.95. The average molecular weight is 329 g/mol. The first-order chi connectivity index (χ1) is 11.1. The molecule has 0 spiro atoms. The van der Waals surface area contributed by atoms with Crippen molar-refractivity contribution in [3.63, 3.8) is 0 Å². The van der Waals surface area contributed by atoms with Gasteiger partial charge in [-0.25, -0.2) is 4.68 Å². The summed E-state index contributed by atoms with van der Waals surface area (Å²) in [6, 6.07) is 14.3. The maximum Gasteiger partial charge on any atom is 0.272 e. The predicted octanol–water partition coefficient (Wildman–Crippen LogP) is 3.99. The topological polar surface area (TPSA) is 73.8 Å². The molecule has 0 N–H and O–H groups in total. The van der Waals surface area contributed by atoms with Crippen molar-refractivity contribution in [2.45, 2.75) is 13.3 Å². The van der Waals surface area contributed by atoms with Crippen LogP contribution in [0.3, 0.4) is 0 Å². The van der Waals surface area contributed by atoms with Crippen molar-refractivity contribution in [2.24, 2.45) is 0 Å². The zero-order chi connectivity index (χ0) is 16.4. The number of allylic oxidation sites excluding steroid dienone is 1. The third-order valence-corrected chi connectivity index (χ3v) is 3.73. The van der Waals surface area contributed by atoms with Crippen LogP contribution in [-0.4, -0.2) is 19.9 Å². The summed E-state index contributed by atoms with van der Waals surface area (Å²) in [4.78, 5) is 11.1. The van der Waals surface area contributed by atoms with Gasteiger partial charge in [0.25, 0.3) is 5.70 Å². The van der Waals surface area contributed by atoms with E-state index in [1.807, 2.05) is 24.3 Å². The minimum Gasteiger partial charge on any atom is -0.259 e. The molecule has 23 heavy (non-hydrogen) atoms. The smallest absolute Gasteiger partial charge is 0.259 e. The number of nitrogens with zero attached hydrogens (tertiary/aromatic N) is 4. The van der Waals surface area contributed by atoms with E-state index in [1.165, 1.54) is 4.68 Å². The lowest BCUT2D eigenvalue weighted by Crippen LogP contribution is -2.10. The number of benzene rings is 2. The van der Waals surface area contributed by atoms with Gasteiger partial charge in [-0.1, -0.05) is 48.0 Å². The first-order valence-corrected chi connectivity index (χ1v) is 7.44. The summed E-state index contributed by atoms with van der Waals surface area (Å²) in [5, 5.41) is 20.2. The fourth-order valence-corrected chi connectivity index (χ4v) is 2.65. The molecule has 0 fully saturated rings. The molecule has 0 bridgehead atoms. The van der Waals surface area contributed by atoms with E-state index in [-0.39, 0.29) is 17.0 Å². The number of fused-ring (bicyclic) bond motifs is 1. The Morgan fingerprint density at radius 1 is 1.26 bits per heavy atom. The summed E-state index contributed by atoms with van der Waals surface area (Å²) in [5.41, 5.74) is 2.44. The molecule has 0 atom stereocenters. The van der Waals surface area contributed by atoms with Crippen molar-refractivity contribution in [1.82, 2.24) is 15.0 Å². The maximum atomic E-state index is 11.5. The molecule has 1 aromatic heterocycles. The van der Waals surface area contributed by atoms with Gasteiger partial charge in [-0.3, -0.25) is 10.1 Å². The van der Waals surface area contributed by atoms with Gasteiger partial charge >= 0.3 is 0 Å². The van der Waals surface area contributed by atoms with Crippen LogP contribution in [0.15, 0.2) is 54.2 Å². The molecule has 2 aromatic carbocycles. The minimum atomic E-state index is -0.382. The highest BCUT2D eigenvalue weighted by Crippen LogP contribution is 2.27. The first-order valence-electron chi connectivity index (χ1n) is 7.06. The van der Waals surface area contributed by atoms with Crippen LogP contribution in [0.25, 0.3) is 16.7 Å². The van der Waals surface area contributed by atoms with E-state index in [0.717, 1.165) is 0 Å². The molecular weight excluding hydrogens is 316 g/mol. The first kappa shape index (κ1) is 15.2. The van der Waals surface area contributed by atoms with Crippen LogP contribution in [-0.2, 0) is 0 Å². The van der Waals surface area contributed by atoms with E-state index in [2.05, 4.69) is 10.3 Å². The Labute approximate surface area is 137 Å². The van der Waals surface area contributed by atoms with Crippen molar-refractivity contribution < 1.29 is 4.92 Å². The minimum absolute atomic E-state index is 0.0583. The third kappa shape index (κ3) is 2.80. The lowest BCUT2D eigenvalue weighted by atomic mass is 10.1. The van der Waals surface area contributed by atoms with Crippen LogP contribution in [0.4, 0.5) is 0 Å². The second-order valence-corrected chi connectivity index (χ2v) is 5.34. The number of hydrogen-bond acceptors (Lipinski definition) is 4. The van der Waals surface area contributed by atoms with Gasteiger partial charge < -0.3 is 0 Å². The van der Waals surface area contributed by atoms with Crippen LogP contribution < -0.4 is 0 Å². The molecule has 6 nitrogen and oxygen atoms in total. The summed E-state index contributed by atoms with van der Waals surface area (Å²) in [6.45, 7) is 1.74. The van der Waals surface area contributed by atoms with Crippen LogP contribution in [0.2, 0.25) is 5.02 Å². The number of nitro groups is 1. The maximum absolute atomic E-state index is 11.5. The molecule has 0 unspecified atom stereocenters. The van der Waals surface area contributed by atoms with Crippen molar-refractivity contribution in [3.05, 3.63) is 74.9 Å². The zero-order valence-corrected chi connectivity index (χ0v) is 13.1. The van der Waals surface area contributed by atoms with Crippen LogP contribution in [0, 0.1) is 10.1 Å². The molecule has 0 aliphatic carbocycles. The summed E-state index contributed by atoms with van der Waals surface area (Å²) in [5.74, 6) is 0. The number of hydrogen-bond donors (Lipinski definition) is 0. The largest absolute Gasteiger partial charge is 0.272 e. The molecule has 116 valence electrons. The second kappa shape index (κ2) is 6.18. The van der Waals surface area contributed by atoms with Crippen molar-refractivity contribution >= 4 is 28.3 Å². The second-order valence-electron chi connectivity index (χ2n) is 4.91. The van der Waals surface area contributed by atoms with Crippen LogP contribution >= 0.6 is 11.6 Å². The molecule has 3 aromatic rings. The number of aromatic nitrogens is 3. The number of para-hydroxylation sites is 1. The van der Waals surface area contributed by atoms with Gasteiger partial charge in [0, 0.05) is 17.0 Å². The van der Waals surface area contributed by atoms with Gasteiger partial charge in [0.05, 0.1) is 10.4 Å². The molecule has 0 radical (unpaired) electrons. The highest BCUT2D eigenvalue weighted by Gasteiger charge is 2.23. The Bertz CT molecular complexity index is 917. The molecule has 0 saturated heterocycles. The Balaban J connectivity index is 2.35. The van der Waals surface area contributed by atoms with E-state index in [0.29, 0.717) is 27.3 Å². The van der Waals surface area contributed by atoms with E-state index in [9.17, 15) is 10.1 Å². The third-order valence-electron chi connectivity index (χ3n) is 3.49. The molecule has 1 heterocycles. The molecule has 0 saturated carbocycles. The fraction of sp³-hybridized carbons (Fsp3) is 0.125. The molecular formula is C16H13ClN4O2. The highest BCUT2D eigenvalue weighted by molar-refractivity contribution is 6.30. The Morgan fingerprint density at radius 2 is 2.04 bits per heavy atom. The molecule has 0 amide bonds. The lowest BCUT2D eigenvalue weighted by Gasteiger charge is -2.10. The zero-order valence-electron chi connectivity index (χ0n) is 12.3. The van der Waals surface area contributed by atoms with Gasteiger partial charge in [-0.05, 0) is 24.3 Å². The molecule has 0 aliphatic rings. The van der Waals surface area contributed by atoms with E-state index in [4.69, 9.17) is 11.6 Å². The Kier molecular flexibility index (Phi) is 4.08. The summed E-state index contributed by atoms with van der Waals surface area (Å²) in [6.07, 6.45) is 0.253. The van der Waals surface area contributed by atoms with Gasteiger partial charge in [0.15, 0.2) is 0 Å². The number of halogens is 1. The molecule has 3 rings (SSSR count). The van der Waals surface area contributed by atoms with Gasteiger partial charge in [0.2, 0.25) is 0 Å². The van der Waals surface area contributed by atoms with Crippen molar-refractivity contribution in [1.29, 1.82) is 0 Å². The lowest BCUT2D eigenvalue weighted by molar-refractivity contribution is -0.426. The Morgan fingerprint density at radius 3 is 2.74 bits per heavy atom. The SMILES string of the molecule is CC/C(=C(/c1cccc(Cl)c1)n1nnc2ccccc21)[N+](=O)[O-]. The highest BCUT2D eigenvalue weighted by atomic mass is 35.5. The summed E-state index contributed by atoms with van der Waals surface area (Å²) in [7, 11) is 0. The van der Waals surface area contributed by atoms with Gasteiger partial charge in [0.1, 0.15) is 11.2 Å². The predicted molar refractivity (Wildman–Crippen MR) is 88.6 cm³/mol. The van der Waals surface area contributed by atoms with Crippen LogP contribution in [0.5, 0.6) is 0 Å². The fourth-order valence-electron chi connectivity index (χ4n) is 2.46. The van der Waals surface area contributed by atoms with Crippen LogP contribution in [0.1, 0.15) is 18.9 Å². The monoisotopic (exact) mass is 328 g/mol. The molecule has 7 heteroatoms. The Hall–Kier alpha value is -2.73. The van der Waals surface area contributed by atoms with Gasteiger partial charge in [-0.2, -0.15) is 0 Å². The molecule has 0 aliphatic heterocycles. The quantitative estimate of drug-likeness (QED) is 0.536. The standard InChI is InChI=1S/C16H13ClN4O2/c1-2-14(21(22)23)16(11-6-5-7-12(17)10-11)20-15-9-4-3-8-13(15)18-19-20/h3-10H,2H2,1H3/b16-14+. The van der Waals surface area contributed by atoms with Crippen molar-refractivity contribution in [3.8, 4) is 0 Å². The van der Waals surface area contributed by atoms with E-state index in [1.54, 1.807) is 31.2 Å². The van der Waals surface area contributed by atoms with Gasteiger partial charge in [-0.15, -0.1) is 5.10 Å². The normalized spacial score (nSPS) is 12.3. The summed E-state index contributed by atoms with van der Waals surface area (Å²) >= 11 is 6.06. The summed E-state index contributed by atoms with van der Waals surface area (Å²) < 4.78 is 1.50. The van der Waals surface area contributed by atoms with E-state index >= 15 is 0 Å². The van der Waals surface area contributed by atoms with Crippen molar-refractivity contribution in [2.75, 3.05) is 0 Å².